The second-order valence-corrected chi connectivity index (χ2v) is 13.0. The Morgan fingerprint density at radius 2 is 1.85 bits per heavy atom. The SMILES string of the molecule is CC(C)CCC[C@H](C)[C@@H]1CC[C@@H]2[C@@H]3[C@@H](CC[C@@]21C)[C@@]1(C)CC[C@H](O)CC1=C[C@H]3OCC(=O)O. The molecule has 9 atom stereocenters. The molecule has 4 heteroatoms. The molecule has 0 saturated heterocycles. The van der Waals surface area contributed by atoms with Crippen molar-refractivity contribution < 1.29 is 19.7 Å². The number of aliphatic hydroxyl groups excluding tert-OH is 1. The lowest BCUT2D eigenvalue weighted by Crippen LogP contribution is -2.55. The predicted molar refractivity (Wildman–Crippen MR) is 132 cm³/mol. The first kappa shape index (κ1) is 25.2. The normalized spacial score (nSPS) is 43.4. The Labute approximate surface area is 201 Å². The van der Waals surface area contributed by atoms with Gasteiger partial charge < -0.3 is 14.9 Å². The summed E-state index contributed by atoms with van der Waals surface area (Å²) in [7, 11) is 0. The van der Waals surface area contributed by atoms with Crippen LogP contribution < -0.4 is 0 Å². The minimum absolute atomic E-state index is 0.126. The number of carboxylic acids is 1. The van der Waals surface area contributed by atoms with E-state index in [1.54, 1.807) is 0 Å². The lowest BCUT2D eigenvalue weighted by Gasteiger charge is -2.60. The van der Waals surface area contributed by atoms with Crippen LogP contribution >= 0.6 is 0 Å². The average molecular weight is 461 g/mol. The zero-order chi connectivity index (χ0) is 24.0. The van der Waals surface area contributed by atoms with Gasteiger partial charge in [-0.3, -0.25) is 0 Å². The first-order chi connectivity index (χ1) is 15.6. The molecule has 0 aromatic carbocycles. The minimum Gasteiger partial charge on any atom is -0.480 e. The molecule has 4 nitrogen and oxygen atoms in total. The summed E-state index contributed by atoms with van der Waals surface area (Å²) in [6.07, 6.45) is 13.6. The maximum Gasteiger partial charge on any atom is 0.329 e. The number of aliphatic hydroxyl groups is 1. The third-order valence-corrected chi connectivity index (χ3v) is 10.7. The topological polar surface area (TPSA) is 66.8 Å². The molecule has 2 N–H and O–H groups in total. The lowest BCUT2D eigenvalue weighted by molar-refractivity contribution is -0.151. The molecule has 0 aliphatic heterocycles. The van der Waals surface area contributed by atoms with Crippen molar-refractivity contribution >= 4 is 5.97 Å². The second kappa shape index (κ2) is 9.64. The van der Waals surface area contributed by atoms with Gasteiger partial charge in [-0.1, -0.05) is 65.5 Å². The highest BCUT2D eigenvalue weighted by atomic mass is 16.5. The zero-order valence-electron chi connectivity index (χ0n) is 21.7. The van der Waals surface area contributed by atoms with Gasteiger partial charge in [0.25, 0.3) is 0 Å². The third kappa shape index (κ3) is 4.68. The third-order valence-electron chi connectivity index (χ3n) is 10.7. The number of hydrogen-bond donors (Lipinski definition) is 2. The van der Waals surface area contributed by atoms with Gasteiger partial charge in [0.15, 0.2) is 0 Å². The molecule has 0 heterocycles. The van der Waals surface area contributed by atoms with Crippen molar-refractivity contribution in [3.05, 3.63) is 11.6 Å². The molecule has 0 spiro atoms. The van der Waals surface area contributed by atoms with Crippen molar-refractivity contribution in [3.63, 3.8) is 0 Å². The molecule has 0 unspecified atom stereocenters. The maximum absolute atomic E-state index is 11.4. The largest absolute Gasteiger partial charge is 0.480 e. The molecule has 33 heavy (non-hydrogen) atoms. The van der Waals surface area contributed by atoms with Crippen LogP contribution in [-0.2, 0) is 9.53 Å². The van der Waals surface area contributed by atoms with Crippen LogP contribution in [0.4, 0.5) is 0 Å². The van der Waals surface area contributed by atoms with Gasteiger partial charge in [0.2, 0.25) is 0 Å². The molecule has 4 aliphatic carbocycles. The van der Waals surface area contributed by atoms with Crippen LogP contribution in [-0.4, -0.2) is 35.0 Å². The number of carbonyl (C=O) groups is 1. The summed E-state index contributed by atoms with van der Waals surface area (Å²) < 4.78 is 6.13. The van der Waals surface area contributed by atoms with Crippen LogP contribution in [0.15, 0.2) is 11.6 Å². The summed E-state index contributed by atoms with van der Waals surface area (Å²) in [4.78, 5) is 11.4. The summed E-state index contributed by atoms with van der Waals surface area (Å²) in [6.45, 7) is 11.9. The van der Waals surface area contributed by atoms with Crippen molar-refractivity contribution in [1.82, 2.24) is 0 Å². The van der Waals surface area contributed by atoms with Crippen LogP contribution in [0.25, 0.3) is 0 Å². The van der Waals surface area contributed by atoms with Crippen LogP contribution in [0.5, 0.6) is 0 Å². The smallest absolute Gasteiger partial charge is 0.329 e. The van der Waals surface area contributed by atoms with Crippen LogP contribution in [0.3, 0.4) is 0 Å². The molecule has 0 aromatic heterocycles. The van der Waals surface area contributed by atoms with E-state index in [0.29, 0.717) is 23.2 Å². The van der Waals surface area contributed by atoms with Crippen LogP contribution in [0, 0.1) is 46.3 Å². The molecule has 188 valence electrons. The van der Waals surface area contributed by atoms with Gasteiger partial charge in [0.1, 0.15) is 6.61 Å². The van der Waals surface area contributed by atoms with E-state index in [2.05, 4.69) is 40.7 Å². The summed E-state index contributed by atoms with van der Waals surface area (Å²) in [5.74, 6) is 2.96. The van der Waals surface area contributed by atoms with Gasteiger partial charge in [0, 0.05) is 0 Å². The molecular weight excluding hydrogens is 412 g/mol. The molecule has 4 aliphatic rings. The van der Waals surface area contributed by atoms with E-state index in [4.69, 9.17) is 4.74 Å². The zero-order valence-corrected chi connectivity index (χ0v) is 21.7. The molecular formula is C29H48O4. The van der Waals surface area contributed by atoms with Gasteiger partial charge in [-0.2, -0.15) is 0 Å². The van der Waals surface area contributed by atoms with Crippen molar-refractivity contribution in [2.24, 2.45) is 46.3 Å². The fourth-order valence-corrected chi connectivity index (χ4v) is 8.95. The van der Waals surface area contributed by atoms with E-state index < -0.39 is 5.97 Å². The Balaban J connectivity index is 1.60. The van der Waals surface area contributed by atoms with E-state index in [0.717, 1.165) is 37.0 Å². The Morgan fingerprint density at radius 1 is 1.09 bits per heavy atom. The molecule has 3 saturated carbocycles. The quantitative estimate of drug-likeness (QED) is 0.407. The van der Waals surface area contributed by atoms with Crippen molar-refractivity contribution in [1.29, 1.82) is 0 Å². The van der Waals surface area contributed by atoms with E-state index in [1.807, 2.05) is 0 Å². The summed E-state index contributed by atoms with van der Waals surface area (Å²) in [6, 6.07) is 0. The highest BCUT2D eigenvalue weighted by Gasteiger charge is 2.61. The molecule has 3 fully saturated rings. The Hall–Kier alpha value is -0.870. The van der Waals surface area contributed by atoms with Crippen LogP contribution in [0.1, 0.15) is 98.8 Å². The number of hydrogen-bond acceptors (Lipinski definition) is 3. The van der Waals surface area contributed by atoms with Gasteiger partial charge >= 0.3 is 5.97 Å². The van der Waals surface area contributed by atoms with Gasteiger partial charge in [0.05, 0.1) is 12.2 Å². The average Bonchev–Trinajstić information content (AvgIpc) is 3.09. The molecule has 0 radical (unpaired) electrons. The number of aliphatic carboxylic acids is 1. The molecule has 0 amide bonds. The molecule has 0 bridgehead atoms. The molecule has 0 aromatic rings. The number of fused-ring (bicyclic) bond motifs is 5. The highest BCUT2D eigenvalue weighted by Crippen LogP contribution is 2.67. The van der Waals surface area contributed by atoms with Gasteiger partial charge in [-0.05, 0) is 91.3 Å². The number of ether oxygens (including phenoxy) is 1. The first-order valence-electron chi connectivity index (χ1n) is 13.8. The monoisotopic (exact) mass is 460 g/mol. The summed E-state index contributed by atoms with van der Waals surface area (Å²) in [5, 5.41) is 19.7. The minimum atomic E-state index is -0.886. The predicted octanol–water partition coefficient (Wildman–Crippen LogP) is 6.47. The van der Waals surface area contributed by atoms with Gasteiger partial charge in [-0.15, -0.1) is 0 Å². The van der Waals surface area contributed by atoms with Crippen molar-refractivity contribution in [2.45, 2.75) is 111 Å². The second-order valence-electron chi connectivity index (χ2n) is 13.0. The van der Waals surface area contributed by atoms with Crippen molar-refractivity contribution in [2.75, 3.05) is 6.61 Å². The number of rotatable bonds is 8. The van der Waals surface area contributed by atoms with E-state index >= 15 is 0 Å². The van der Waals surface area contributed by atoms with E-state index in [1.165, 1.54) is 50.5 Å². The summed E-state index contributed by atoms with van der Waals surface area (Å²) in [5.41, 5.74) is 1.80. The summed E-state index contributed by atoms with van der Waals surface area (Å²) >= 11 is 0. The maximum atomic E-state index is 11.4. The Morgan fingerprint density at radius 3 is 2.55 bits per heavy atom. The Bertz CT molecular complexity index is 744. The standard InChI is InChI=1S/C29H48O4/c1-18(2)7-6-8-19(3)22-9-10-23-27-24(12-14-29(22,23)5)28(4)13-11-21(30)15-20(28)16-25(27)33-17-26(31)32/h16,18-19,21-25,27,30H,6-15,17H2,1-5H3,(H,31,32)/t19-,21-,22-,23+,24+,25+,27+,28-,29+/m0/s1. The fourth-order valence-electron chi connectivity index (χ4n) is 8.95. The Kier molecular flexibility index (Phi) is 7.37. The van der Waals surface area contributed by atoms with E-state index in [9.17, 15) is 15.0 Å². The highest BCUT2D eigenvalue weighted by molar-refractivity contribution is 5.68. The molecule has 4 rings (SSSR count). The first-order valence-corrected chi connectivity index (χ1v) is 13.8. The van der Waals surface area contributed by atoms with Crippen LogP contribution in [0.2, 0.25) is 0 Å². The van der Waals surface area contributed by atoms with Crippen molar-refractivity contribution in [3.8, 4) is 0 Å². The fraction of sp³-hybridized carbons (Fsp3) is 0.897. The lowest BCUT2D eigenvalue weighted by atomic mass is 9.46. The number of carboxylic acid groups (broad SMARTS) is 1. The van der Waals surface area contributed by atoms with Gasteiger partial charge in [-0.25, -0.2) is 4.79 Å². The van der Waals surface area contributed by atoms with E-state index in [-0.39, 0.29) is 24.2 Å².